The van der Waals surface area contributed by atoms with Crippen molar-refractivity contribution in [2.45, 2.75) is 13.5 Å². The average molecular weight is 347 g/mol. The van der Waals surface area contributed by atoms with Crippen LogP contribution < -0.4 is 0 Å². The second-order valence-electron chi connectivity index (χ2n) is 5.16. The molecule has 0 saturated heterocycles. The Morgan fingerprint density at radius 2 is 2.17 bits per heavy atom. The Morgan fingerprint density at radius 3 is 2.87 bits per heavy atom. The maximum Gasteiger partial charge on any atom is 0.257 e. The standard InChI is InChI=1S/C16H15ClN4OS/c1-10-19-11(9-23-10)8-21(2)16(22)13-7-18-20-15(13)12-5-3-4-6-14(12)17/h3-7,9H,8H2,1-2H3,(H,18,20). The van der Waals surface area contributed by atoms with Gasteiger partial charge in [-0.3, -0.25) is 9.89 Å². The van der Waals surface area contributed by atoms with E-state index in [1.807, 2.05) is 30.5 Å². The summed E-state index contributed by atoms with van der Waals surface area (Å²) in [6, 6.07) is 7.36. The van der Waals surface area contributed by atoms with Crippen LogP contribution in [0.25, 0.3) is 11.3 Å². The van der Waals surface area contributed by atoms with Crippen LogP contribution in [0, 0.1) is 6.92 Å². The van der Waals surface area contributed by atoms with E-state index in [0.29, 0.717) is 22.8 Å². The highest BCUT2D eigenvalue weighted by Gasteiger charge is 2.20. The molecule has 0 aliphatic carbocycles. The average Bonchev–Trinajstić information content (AvgIpc) is 3.16. The Labute approximate surface area is 142 Å². The van der Waals surface area contributed by atoms with E-state index in [-0.39, 0.29) is 5.91 Å². The summed E-state index contributed by atoms with van der Waals surface area (Å²) < 4.78 is 0. The lowest BCUT2D eigenvalue weighted by Crippen LogP contribution is -2.26. The molecule has 1 amide bonds. The van der Waals surface area contributed by atoms with Gasteiger partial charge in [-0.2, -0.15) is 5.10 Å². The van der Waals surface area contributed by atoms with Crippen LogP contribution in [-0.4, -0.2) is 33.0 Å². The molecule has 0 aliphatic rings. The predicted molar refractivity (Wildman–Crippen MR) is 91.7 cm³/mol. The summed E-state index contributed by atoms with van der Waals surface area (Å²) in [4.78, 5) is 18.7. The van der Waals surface area contributed by atoms with E-state index in [4.69, 9.17) is 11.6 Å². The third kappa shape index (κ3) is 3.28. The molecule has 0 radical (unpaired) electrons. The minimum Gasteiger partial charge on any atom is -0.336 e. The summed E-state index contributed by atoms with van der Waals surface area (Å²) in [5.41, 5.74) is 2.76. The maximum absolute atomic E-state index is 12.7. The highest BCUT2D eigenvalue weighted by Crippen LogP contribution is 2.29. The molecule has 0 spiro atoms. The van der Waals surface area contributed by atoms with Crippen LogP contribution in [0.1, 0.15) is 21.1 Å². The molecular formula is C16H15ClN4OS. The smallest absolute Gasteiger partial charge is 0.257 e. The Morgan fingerprint density at radius 1 is 1.39 bits per heavy atom. The minimum atomic E-state index is -0.126. The van der Waals surface area contributed by atoms with Gasteiger partial charge in [0, 0.05) is 23.0 Å². The van der Waals surface area contributed by atoms with Crippen LogP contribution in [0.5, 0.6) is 0 Å². The monoisotopic (exact) mass is 346 g/mol. The molecule has 1 N–H and O–H groups in total. The second kappa shape index (κ2) is 6.52. The van der Waals surface area contributed by atoms with E-state index in [9.17, 15) is 4.79 Å². The third-order valence-corrected chi connectivity index (χ3v) is 4.58. The van der Waals surface area contributed by atoms with E-state index in [0.717, 1.165) is 16.3 Å². The van der Waals surface area contributed by atoms with Gasteiger partial charge >= 0.3 is 0 Å². The number of carbonyl (C=O) groups excluding carboxylic acids is 1. The normalized spacial score (nSPS) is 10.7. The number of benzene rings is 1. The van der Waals surface area contributed by atoms with Crippen molar-refractivity contribution in [3.8, 4) is 11.3 Å². The van der Waals surface area contributed by atoms with E-state index in [1.54, 1.807) is 29.4 Å². The quantitative estimate of drug-likeness (QED) is 0.782. The van der Waals surface area contributed by atoms with Gasteiger partial charge in [0.15, 0.2) is 0 Å². The molecule has 2 heterocycles. The number of aromatic nitrogens is 3. The molecule has 3 aromatic rings. The molecule has 118 valence electrons. The molecule has 3 rings (SSSR count). The Balaban J connectivity index is 1.86. The van der Waals surface area contributed by atoms with Crippen LogP contribution in [0.4, 0.5) is 0 Å². The molecule has 0 saturated carbocycles. The Bertz CT molecular complexity index is 842. The van der Waals surface area contributed by atoms with Crippen molar-refractivity contribution >= 4 is 28.8 Å². The van der Waals surface area contributed by atoms with Crippen LogP contribution in [0.3, 0.4) is 0 Å². The first-order valence-electron chi connectivity index (χ1n) is 7.01. The zero-order valence-corrected chi connectivity index (χ0v) is 14.3. The highest BCUT2D eigenvalue weighted by molar-refractivity contribution is 7.09. The van der Waals surface area contributed by atoms with Gasteiger partial charge in [0.1, 0.15) is 0 Å². The first-order valence-corrected chi connectivity index (χ1v) is 8.26. The van der Waals surface area contributed by atoms with Crippen molar-refractivity contribution in [1.29, 1.82) is 0 Å². The summed E-state index contributed by atoms with van der Waals surface area (Å²) in [6.07, 6.45) is 1.53. The number of halogens is 1. The topological polar surface area (TPSA) is 61.9 Å². The van der Waals surface area contributed by atoms with Crippen molar-refractivity contribution in [2.24, 2.45) is 0 Å². The van der Waals surface area contributed by atoms with Gasteiger partial charge in [0.25, 0.3) is 5.91 Å². The van der Waals surface area contributed by atoms with Crippen LogP contribution in [0.2, 0.25) is 5.02 Å². The molecule has 23 heavy (non-hydrogen) atoms. The fraction of sp³-hybridized carbons (Fsp3) is 0.188. The number of hydrogen-bond acceptors (Lipinski definition) is 4. The molecule has 1 aromatic carbocycles. The van der Waals surface area contributed by atoms with Crippen LogP contribution in [0.15, 0.2) is 35.8 Å². The number of hydrogen-bond donors (Lipinski definition) is 1. The zero-order chi connectivity index (χ0) is 16.4. The first kappa shape index (κ1) is 15.7. The van der Waals surface area contributed by atoms with Crippen molar-refractivity contribution in [3.63, 3.8) is 0 Å². The van der Waals surface area contributed by atoms with Gasteiger partial charge < -0.3 is 4.90 Å². The fourth-order valence-electron chi connectivity index (χ4n) is 2.32. The zero-order valence-electron chi connectivity index (χ0n) is 12.7. The molecule has 0 fully saturated rings. The number of nitrogens with one attached hydrogen (secondary N) is 1. The van der Waals surface area contributed by atoms with Crippen molar-refractivity contribution < 1.29 is 4.79 Å². The number of rotatable bonds is 4. The molecular weight excluding hydrogens is 332 g/mol. The number of aryl methyl sites for hydroxylation is 1. The van der Waals surface area contributed by atoms with Gasteiger partial charge in [-0.25, -0.2) is 4.98 Å². The summed E-state index contributed by atoms with van der Waals surface area (Å²) in [5.74, 6) is -0.126. The number of amides is 1. The molecule has 0 unspecified atom stereocenters. The largest absolute Gasteiger partial charge is 0.336 e. The van der Waals surface area contributed by atoms with Gasteiger partial charge in [-0.15, -0.1) is 11.3 Å². The molecule has 5 nitrogen and oxygen atoms in total. The SMILES string of the molecule is Cc1nc(CN(C)C(=O)c2cn[nH]c2-c2ccccc2Cl)cs1. The molecule has 0 aliphatic heterocycles. The van der Waals surface area contributed by atoms with Crippen LogP contribution in [-0.2, 0) is 6.54 Å². The van der Waals surface area contributed by atoms with Crippen molar-refractivity contribution in [3.05, 3.63) is 57.1 Å². The number of nitrogens with zero attached hydrogens (tertiary/aromatic N) is 3. The van der Waals surface area contributed by atoms with Gasteiger partial charge in [-0.05, 0) is 13.0 Å². The minimum absolute atomic E-state index is 0.126. The third-order valence-electron chi connectivity index (χ3n) is 3.43. The van der Waals surface area contributed by atoms with Gasteiger partial charge in [0.05, 0.1) is 34.7 Å². The molecule has 7 heteroatoms. The van der Waals surface area contributed by atoms with E-state index in [1.165, 1.54) is 6.20 Å². The molecule has 0 bridgehead atoms. The lowest BCUT2D eigenvalue weighted by molar-refractivity contribution is 0.0784. The van der Waals surface area contributed by atoms with Crippen molar-refractivity contribution in [1.82, 2.24) is 20.1 Å². The molecule has 0 atom stereocenters. The summed E-state index contributed by atoms with van der Waals surface area (Å²) in [5, 5.41) is 10.4. The highest BCUT2D eigenvalue weighted by atomic mass is 35.5. The van der Waals surface area contributed by atoms with Gasteiger partial charge in [-0.1, -0.05) is 29.8 Å². The summed E-state index contributed by atoms with van der Waals surface area (Å²) in [7, 11) is 1.75. The summed E-state index contributed by atoms with van der Waals surface area (Å²) in [6.45, 7) is 2.40. The first-order chi connectivity index (χ1) is 11.1. The lowest BCUT2D eigenvalue weighted by Gasteiger charge is -2.16. The fourth-order valence-corrected chi connectivity index (χ4v) is 3.15. The summed E-state index contributed by atoms with van der Waals surface area (Å²) >= 11 is 7.80. The second-order valence-corrected chi connectivity index (χ2v) is 6.63. The number of aromatic amines is 1. The number of carbonyl (C=O) groups is 1. The number of H-pyrrole nitrogens is 1. The maximum atomic E-state index is 12.7. The lowest BCUT2D eigenvalue weighted by atomic mass is 10.1. The van der Waals surface area contributed by atoms with E-state index in [2.05, 4.69) is 15.2 Å². The Hall–Kier alpha value is -2.18. The van der Waals surface area contributed by atoms with E-state index < -0.39 is 0 Å². The van der Waals surface area contributed by atoms with Gasteiger partial charge in [0.2, 0.25) is 0 Å². The number of thiazole rings is 1. The van der Waals surface area contributed by atoms with E-state index >= 15 is 0 Å². The predicted octanol–water partition coefficient (Wildman–Crippen LogP) is 3.77. The van der Waals surface area contributed by atoms with Crippen LogP contribution >= 0.6 is 22.9 Å². The molecule has 2 aromatic heterocycles. The Kier molecular flexibility index (Phi) is 4.45. The van der Waals surface area contributed by atoms with Crippen molar-refractivity contribution in [2.75, 3.05) is 7.05 Å².